The number of carbonyl (C=O) groups excluding carboxylic acids is 1. The first-order valence-electron chi connectivity index (χ1n) is 6.08. The van der Waals surface area contributed by atoms with Crippen molar-refractivity contribution in [1.82, 2.24) is 0 Å². The molecule has 1 amide bonds. The predicted octanol–water partition coefficient (Wildman–Crippen LogP) is 4.76. The maximum Gasteiger partial charge on any atom is 0.412 e. The lowest BCUT2D eigenvalue weighted by Crippen LogP contribution is -2.27. The van der Waals surface area contributed by atoms with E-state index < -0.39 is 11.7 Å². The quantitative estimate of drug-likeness (QED) is 0.858. The molecule has 0 radical (unpaired) electrons. The van der Waals surface area contributed by atoms with Crippen LogP contribution in [0, 0.1) is 0 Å². The van der Waals surface area contributed by atoms with E-state index in [1.54, 1.807) is 11.3 Å². The second-order valence-electron chi connectivity index (χ2n) is 5.19. The van der Waals surface area contributed by atoms with Gasteiger partial charge in [-0.3, -0.25) is 5.32 Å². The lowest BCUT2D eigenvalue weighted by atomic mass is 10.2. The third kappa shape index (κ3) is 4.10. The standard InChI is InChI=1S/C15H17NO2S/c1-15(2,3)18-14(17)16-12-9-13(19-10-12)11-7-5-4-6-8-11/h4-10H,1-3H3,(H,16,17). The topological polar surface area (TPSA) is 38.3 Å². The van der Waals surface area contributed by atoms with Gasteiger partial charge in [0.2, 0.25) is 0 Å². The van der Waals surface area contributed by atoms with E-state index in [2.05, 4.69) is 5.32 Å². The van der Waals surface area contributed by atoms with Crippen LogP contribution in [0.2, 0.25) is 0 Å². The summed E-state index contributed by atoms with van der Waals surface area (Å²) in [5.74, 6) is 0. The Labute approximate surface area is 117 Å². The molecule has 3 nitrogen and oxygen atoms in total. The van der Waals surface area contributed by atoms with E-state index in [1.165, 1.54) is 0 Å². The van der Waals surface area contributed by atoms with Crippen LogP contribution in [0.4, 0.5) is 10.5 Å². The summed E-state index contributed by atoms with van der Waals surface area (Å²) >= 11 is 1.59. The van der Waals surface area contributed by atoms with Crippen molar-refractivity contribution >= 4 is 23.1 Å². The number of benzene rings is 1. The Morgan fingerprint density at radius 3 is 2.53 bits per heavy atom. The minimum Gasteiger partial charge on any atom is -0.444 e. The number of hydrogen-bond donors (Lipinski definition) is 1. The minimum atomic E-state index is -0.484. The third-order valence-corrected chi connectivity index (χ3v) is 3.28. The van der Waals surface area contributed by atoms with Gasteiger partial charge in [-0.1, -0.05) is 30.3 Å². The summed E-state index contributed by atoms with van der Waals surface area (Å²) < 4.78 is 5.21. The smallest absolute Gasteiger partial charge is 0.412 e. The molecule has 0 fully saturated rings. The highest BCUT2D eigenvalue weighted by Gasteiger charge is 2.16. The Bertz CT molecular complexity index is 555. The Balaban J connectivity index is 2.04. The van der Waals surface area contributed by atoms with Gasteiger partial charge in [-0.25, -0.2) is 4.79 Å². The fourth-order valence-corrected chi connectivity index (χ4v) is 2.43. The molecular formula is C15H17NO2S. The van der Waals surface area contributed by atoms with E-state index in [9.17, 15) is 4.79 Å². The SMILES string of the molecule is CC(C)(C)OC(=O)Nc1csc(-c2ccccc2)c1. The van der Waals surface area contributed by atoms with Crippen LogP contribution in [-0.4, -0.2) is 11.7 Å². The molecular weight excluding hydrogens is 258 g/mol. The van der Waals surface area contributed by atoms with Crippen LogP contribution in [0.5, 0.6) is 0 Å². The molecule has 1 N–H and O–H groups in total. The number of ether oxygens (including phenoxy) is 1. The predicted molar refractivity (Wildman–Crippen MR) is 79.6 cm³/mol. The molecule has 0 aliphatic heterocycles. The molecule has 0 unspecified atom stereocenters. The van der Waals surface area contributed by atoms with Gasteiger partial charge in [0, 0.05) is 10.3 Å². The lowest BCUT2D eigenvalue weighted by Gasteiger charge is -2.19. The highest BCUT2D eigenvalue weighted by Crippen LogP contribution is 2.29. The molecule has 1 aromatic carbocycles. The molecule has 0 saturated heterocycles. The maximum absolute atomic E-state index is 11.6. The van der Waals surface area contributed by atoms with Gasteiger partial charge >= 0.3 is 6.09 Å². The zero-order chi connectivity index (χ0) is 13.9. The third-order valence-electron chi connectivity index (χ3n) is 2.30. The van der Waals surface area contributed by atoms with Crippen molar-refractivity contribution in [3.05, 3.63) is 41.8 Å². The highest BCUT2D eigenvalue weighted by atomic mass is 32.1. The Hall–Kier alpha value is -1.81. The number of carbonyl (C=O) groups is 1. The van der Waals surface area contributed by atoms with E-state index in [0.29, 0.717) is 0 Å². The Morgan fingerprint density at radius 1 is 1.21 bits per heavy atom. The monoisotopic (exact) mass is 275 g/mol. The van der Waals surface area contributed by atoms with Crippen LogP contribution in [0.3, 0.4) is 0 Å². The van der Waals surface area contributed by atoms with Crippen molar-refractivity contribution < 1.29 is 9.53 Å². The summed E-state index contributed by atoms with van der Waals surface area (Å²) in [6.07, 6.45) is -0.426. The van der Waals surface area contributed by atoms with E-state index in [0.717, 1.165) is 16.1 Å². The molecule has 0 aliphatic carbocycles. The van der Waals surface area contributed by atoms with Crippen molar-refractivity contribution in [2.75, 3.05) is 5.32 Å². The lowest BCUT2D eigenvalue weighted by molar-refractivity contribution is 0.0636. The van der Waals surface area contributed by atoms with Crippen LogP contribution < -0.4 is 5.32 Å². The van der Waals surface area contributed by atoms with E-state index in [1.807, 2.05) is 62.5 Å². The first kappa shape index (κ1) is 13.6. The average molecular weight is 275 g/mol. The van der Waals surface area contributed by atoms with Crippen LogP contribution in [0.1, 0.15) is 20.8 Å². The molecule has 0 bridgehead atoms. The van der Waals surface area contributed by atoms with Gasteiger partial charge in [0.15, 0.2) is 0 Å². The number of hydrogen-bond acceptors (Lipinski definition) is 3. The maximum atomic E-state index is 11.6. The molecule has 0 saturated carbocycles. The van der Waals surface area contributed by atoms with Gasteiger partial charge in [-0.2, -0.15) is 0 Å². The zero-order valence-corrected chi connectivity index (χ0v) is 12.1. The molecule has 2 rings (SSSR count). The summed E-state index contributed by atoms with van der Waals surface area (Å²) in [4.78, 5) is 12.8. The average Bonchev–Trinajstić information content (AvgIpc) is 2.76. The van der Waals surface area contributed by atoms with Gasteiger partial charge < -0.3 is 4.74 Å². The highest BCUT2D eigenvalue weighted by molar-refractivity contribution is 7.14. The molecule has 2 aromatic rings. The van der Waals surface area contributed by atoms with E-state index >= 15 is 0 Å². The van der Waals surface area contributed by atoms with Gasteiger partial charge in [0.05, 0.1) is 5.69 Å². The van der Waals surface area contributed by atoms with Gasteiger partial charge in [-0.05, 0) is 32.4 Å². The second-order valence-corrected chi connectivity index (χ2v) is 6.10. The van der Waals surface area contributed by atoms with Crippen molar-refractivity contribution in [2.24, 2.45) is 0 Å². The van der Waals surface area contributed by atoms with Crippen LogP contribution in [0.15, 0.2) is 41.8 Å². The molecule has 0 spiro atoms. The Morgan fingerprint density at radius 2 is 1.89 bits per heavy atom. The number of thiophene rings is 1. The number of nitrogens with one attached hydrogen (secondary N) is 1. The first-order chi connectivity index (χ1) is 8.94. The fraction of sp³-hybridized carbons (Fsp3) is 0.267. The second kappa shape index (κ2) is 5.45. The zero-order valence-electron chi connectivity index (χ0n) is 11.3. The fourth-order valence-electron chi connectivity index (χ4n) is 1.58. The summed E-state index contributed by atoms with van der Waals surface area (Å²) in [7, 11) is 0. The normalized spacial score (nSPS) is 11.1. The molecule has 4 heteroatoms. The van der Waals surface area contributed by atoms with Crippen molar-refractivity contribution in [1.29, 1.82) is 0 Å². The van der Waals surface area contributed by atoms with Crippen LogP contribution in [0.25, 0.3) is 10.4 Å². The van der Waals surface area contributed by atoms with Crippen molar-refractivity contribution in [3.63, 3.8) is 0 Å². The number of amides is 1. The van der Waals surface area contributed by atoms with Gasteiger partial charge in [0.25, 0.3) is 0 Å². The molecule has 0 aliphatic rings. The molecule has 19 heavy (non-hydrogen) atoms. The summed E-state index contributed by atoms with van der Waals surface area (Å²) in [6.45, 7) is 5.53. The number of anilines is 1. The van der Waals surface area contributed by atoms with Crippen LogP contribution >= 0.6 is 11.3 Å². The minimum absolute atomic E-state index is 0.426. The molecule has 100 valence electrons. The van der Waals surface area contributed by atoms with Crippen molar-refractivity contribution in [3.8, 4) is 10.4 Å². The Kier molecular flexibility index (Phi) is 3.90. The van der Waals surface area contributed by atoms with E-state index in [-0.39, 0.29) is 0 Å². The summed E-state index contributed by atoms with van der Waals surface area (Å²) in [5.41, 5.74) is 1.42. The van der Waals surface area contributed by atoms with E-state index in [4.69, 9.17) is 4.74 Å². The van der Waals surface area contributed by atoms with Gasteiger partial charge in [-0.15, -0.1) is 11.3 Å². The molecule has 1 heterocycles. The molecule has 1 aromatic heterocycles. The van der Waals surface area contributed by atoms with Crippen LogP contribution in [-0.2, 0) is 4.74 Å². The molecule has 0 atom stereocenters. The van der Waals surface area contributed by atoms with Gasteiger partial charge in [0.1, 0.15) is 5.60 Å². The summed E-state index contributed by atoms with van der Waals surface area (Å²) in [6, 6.07) is 12.0. The number of rotatable bonds is 2. The summed E-state index contributed by atoms with van der Waals surface area (Å²) in [5, 5.41) is 4.65. The first-order valence-corrected chi connectivity index (χ1v) is 6.96. The van der Waals surface area contributed by atoms with Crippen molar-refractivity contribution in [2.45, 2.75) is 26.4 Å². The largest absolute Gasteiger partial charge is 0.444 e.